The average Bonchev–Trinajstić information content (AvgIpc) is 2.92. The van der Waals surface area contributed by atoms with E-state index in [-0.39, 0.29) is 24.8 Å². The fraction of sp³-hybridized carbons (Fsp3) is 0.571. The number of halogens is 2. The number of rotatable bonds is 7. The molecule has 1 saturated heterocycles. The normalized spacial score (nSPS) is 19.0. The zero-order valence-electron chi connectivity index (χ0n) is 11.6. The summed E-state index contributed by atoms with van der Waals surface area (Å²) in [7, 11) is -3.39. The number of ether oxygens (including phenoxy) is 1. The molecule has 1 aromatic rings. The summed E-state index contributed by atoms with van der Waals surface area (Å²) >= 11 is 0. The van der Waals surface area contributed by atoms with Gasteiger partial charge >= 0.3 is 0 Å². The molecule has 0 aromatic heterocycles. The summed E-state index contributed by atoms with van der Waals surface area (Å²) in [6.45, 7) is 0.790. The van der Waals surface area contributed by atoms with E-state index < -0.39 is 21.7 Å². The van der Waals surface area contributed by atoms with Crippen LogP contribution in [0.5, 0.6) is 0 Å². The van der Waals surface area contributed by atoms with Gasteiger partial charge in [-0.1, -0.05) is 6.07 Å². The Morgan fingerprint density at radius 2 is 2.14 bits per heavy atom. The predicted molar refractivity (Wildman–Crippen MR) is 75.4 cm³/mol. The first-order valence-electron chi connectivity index (χ1n) is 6.99. The van der Waals surface area contributed by atoms with E-state index in [4.69, 9.17) is 4.74 Å². The van der Waals surface area contributed by atoms with Crippen LogP contribution in [0.2, 0.25) is 0 Å². The van der Waals surface area contributed by atoms with Gasteiger partial charge in [-0.3, -0.25) is 0 Å². The van der Waals surface area contributed by atoms with Gasteiger partial charge in [0.15, 0.2) is 0 Å². The van der Waals surface area contributed by atoms with Gasteiger partial charge in [0, 0.05) is 19.2 Å². The van der Waals surface area contributed by atoms with Crippen LogP contribution < -0.4 is 4.72 Å². The van der Waals surface area contributed by atoms with E-state index in [9.17, 15) is 17.2 Å². The Balaban J connectivity index is 1.75. The number of hydrogen-bond acceptors (Lipinski definition) is 3. The number of hydrogen-bond donors (Lipinski definition) is 1. The zero-order valence-corrected chi connectivity index (χ0v) is 12.5. The molecule has 1 heterocycles. The van der Waals surface area contributed by atoms with Gasteiger partial charge in [0.25, 0.3) is 0 Å². The molecule has 1 aliphatic heterocycles. The summed E-state index contributed by atoms with van der Waals surface area (Å²) < 4.78 is 57.5. The molecule has 4 nitrogen and oxygen atoms in total. The van der Waals surface area contributed by atoms with Gasteiger partial charge in [-0.05, 0) is 37.3 Å². The van der Waals surface area contributed by atoms with E-state index in [1.807, 2.05) is 0 Å². The number of benzene rings is 1. The Bertz CT molecular complexity index is 572. The quantitative estimate of drug-likeness (QED) is 0.836. The van der Waals surface area contributed by atoms with Gasteiger partial charge in [0.1, 0.15) is 11.6 Å². The van der Waals surface area contributed by atoms with Gasteiger partial charge in [-0.2, -0.15) is 0 Å². The molecule has 1 unspecified atom stereocenters. The maximum Gasteiger partial charge on any atom is 0.211 e. The highest BCUT2D eigenvalue weighted by Crippen LogP contribution is 2.15. The Morgan fingerprint density at radius 1 is 1.33 bits per heavy atom. The van der Waals surface area contributed by atoms with Crippen molar-refractivity contribution in [2.45, 2.75) is 31.8 Å². The molecule has 0 amide bonds. The van der Waals surface area contributed by atoms with Crippen LogP contribution in [0.1, 0.15) is 24.8 Å². The van der Waals surface area contributed by atoms with Crippen molar-refractivity contribution in [1.82, 2.24) is 4.72 Å². The third kappa shape index (κ3) is 5.33. The first-order valence-corrected chi connectivity index (χ1v) is 8.64. The predicted octanol–water partition coefficient (Wildman–Crippen LogP) is 2.00. The van der Waals surface area contributed by atoms with Crippen molar-refractivity contribution in [3.8, 4) is 0 Å². The fourth-order valence-electron chi connectivity index (χ4n) is 2.30. The first-order chi connectivity index (χ1) is 9.96. The largest absolute Gasteiger partial charge is 0.378 e. The molecular formula is C14H19F2NO3S. The minimum Gasteiger partial charge on any atom is -0.378 e. The maximum absolute atomic E-state index is 13.4. The van der Waals surface area contributed by atoms with Crippen molar-refractivity contribution in [1.29, 1.82) is 0 Å². The SMILES string of the molecule is O=S(=O)(CCC1CCCO1)NCCc1ccc(F)cc1F. The maximum atomic E-state index is 13.4. The Morgan fingerprint density at radius 3 is 2.81 bits per heavy atom. The average molecular weight is 319 g/mol. The monoisotopic (exact) mass is 319 g/mol. The molecule has 1 N–H and O–H groups in total. The third-order valence-corrected chi connectivity index (χ3v) is 4.88. The van der Waals surface area contributed by atoms with Crippen molar-refractivity contribution in [3.63, 3.8) is 0 Å². The molecule has 1 atom stereocenters. The van der Waals surface area contributed by atoms with E-state index in [0.29, 0.717) is 18.6 Å². The second-order valence-corrected chi connectivity index (χ2v) is 7.05. The van der Waals surface area contributed by atoms with Crippen molar-refractivity contribution >= 4 is 10.0 Å². The highest BCUT2D eigenvalue weighted by Gasteiger charge is 2.19. The molecule has 0 radical (unpaired) electrons. The second kappa shape index (κ2) is 7.29. The number of sulfonamides is 1. The molecule has 0 saturated carbocycles. The van der Waals surface area contributed by atoms with Crippen LogP contribution in [-0.4, -0.2) is 33.4 Å². The first kappa shape index (κ1) is 16.3. The molecule has 0 spiro atoms. The van der Waals surface area contributed by atoms with Crippen LogP contribution >= 0.6 is 0 Å². The van der Waals surface area contributed by atoms with Crippen molar-refractivity contribution in [2.24, 2.45) is 0 Å². The fourth-order valence-corrected chi connectivity index (χ4v) is 3.43. The van der Waals surface area contributed by atoms with Crippen LogP contribution in [0.15, 0.2) is 18.2 Å². The Labute approximate surface area is 123 Å². The van der Waals surface area contributed by atoms with E-state index >= 15 is 0 Å². The summed E-state index contributed by atoms with van der Waals surface area (Å²) in [6, 6.07) is 3.27. The van der Waals surface area contributed by atoms with Crippen LogP contribution in [0.25, 0.3) is 0 Å². The molecule has 1 fully saturated rings. The minimum absolute atomic E-state index is 0.00354. The van der Waals surface area contributed by atoms with Crippen molar-refractivity contribution < 1.29 is 21.9 Å². The molecular weight excluding hydrogens is 300 g/mol. The Kier molecular flexibility index (Phi) is 5.66. The van der Waals surface area contributed by atoms with Gasteiger partial charge < -0.3 is 4.74 Å². The van der Waals surface area contributed by atoms with Crippen molar-refractivity contribution in [2.75, 3.05) is 18.9 Å². The molecule has 7 heteroatoms. The lowest BCUT2D eigenvalue weighted by Crippen LogP contribution is -2.30. The molecule has 0 bridgehead atoms. The van der Waals surface area contributed by atoms with E-state index in [1.165, 1.54) is 6.07 Å². The number of nitrogens with one attached hydrogen (secondary N) is 1. The standard InChI is InChI=1S/C14H19F2NO3S/c15-12-4-3-11(14(16)10-12)5-7-17-21(18,19)9-6-13-2-1-8-20-13/h3-4,10,13,17H,1-2,5-9H2. The Hall–Kier alpha value is -1.05. The summed E-state index contributed by atoms with van der Waals surface area (Å²) in [5.74, 6) is -1.30. The van der Waals surface area contributed by atoms with E-state index in [1.54, 1.807) is 0 Å². The lowest BCUT2D eigenvalue weighted by molar-refractivity contribution is 0.109. The van der Waals surface area contributed by atoms with Crippen molar-refractivity contribution in [3.05, 3.63) is 35.4 Å². The van der Waals surface area contributed by atoms with Crippen LogP contribution in [-0.2, 0) is 21.2 Å². The summed E-state index contributed by atoms with van der Waals surface area (Å²) in [5, 5.41) is 0. The van der Waals surface area contributed by atoms with E-state index in [0.717, 1.165) is 25.0 Å². The van der Waals surface area contributed by atoms with Gasteiger partial charge in [-0.15, -0.1) is 0 Å². The van der Waals surface area contributed by atoms with Crippen LogP contribution in [0.4, 0.5) is 8.78 Å². The molecule has 1 aliphatic rings. The summed E-state index contributed by atoms with van der Waals surface area (Å²) in [6.07, 6.45) is 2.56. The topological polar surface area (TPSA) is 55.4 Å². The molecule has 2 rings (SSSR count). The third-order valence-electron chi connectivity index (χ3n) is 3.46. The van der Waals surface area contributed by atoms with E-state index in [2.05, 4.69) is 4.72 Å². The molecule has 1 aromatic carbocycles. The lowest BCUT2D eigenvalue weighted by atomic mass is 10.1. The highest BCUT2D eigenvalue weighted by atomic mass is 32.2. The minimum atomic E-state index is -3.39. The second-order valence-electron chi connectivity index (χ2n) is 5.12. The van der Waals surface area contributed by atoms with Gasteiger partial charge in [0.05, 0.1) is 11.9 Å². The van der Waals surface area contributed by atoms with Gasteiger partial charge in [-0.25, -0.2) is 21.9 Å². The molecule has 0 aliphatic carbocycles. The summed E-state index contributed by atoms with van der Waals surface area (Å²) in [4.78, 5) is 0. The smallest absolute Gasteiger partial charge is 0.211 e. The van der Waals surface area contributed by atoms with Crippen LogP contribution in [0.3, 0.4) is 0 Å². The molecule has 21 heavy (non-hydrogen) atoms. The van der Waals surface area contributed by atoms with Gasteiger partial charge in [0.2, 0.25) is 10.0 Å². The van der Waals surface area contributed by atoms with Crippen LogP contribution in [0, 0.1) is 11.6 Å². The zero-order chi connectivity index (χ0) is 15.3. The molecule has 118 valence electrons. The lowest BCUT2D eigenvalue weighted by Gasteiger charge is -2.10. The summed E-state index contributed by atoms with van der Waals surface area (Å²) in [5.41, 5.74) is 0.290. The highest BCUT2D eigenvalue weighted by molar-refractivity contribution is 7.89.